The molecule has 0 spiro atoms. The standard InChI is InChI=1S/C16H23N3O3/c1-22-11-15(20)18-9-12-4-6-14(7-5-12)19-8-2-3-13(10-19)16(17)21/h4-7,13H,2-3,8-11H2,1H3,(H2,17,21)(H,18,20). The zero-order chi connectivity index (χ0) is 15.9. The second-order valence-electron chi connectivity index (χ2n) is 5.56. The maximum absolute atomic E-state index is 11.3. The third-order valence-electron chi connectivity index (χ3n) is 3.89. The summed E-state index contributed by atoms with van der Waals surface area (Å²) in [5.74, 6) is -0.421. The van der Waals surface area contributed by atoms with Crippen LogP contribution in [0.3, 0.4) is 0 Å². The Kier molecular flexibility index (Phi) is 5.77. The highest BCUT2D eigenvalue weighted by molar-refractivity contribution is 5.78. The normalized spacial score (nSPS) is 18.0. The number of methoxy groups -OCH3 is 1. The van der Waals surface area contributed by atoms with Gasteiger partial charge in [0.05, 0.1) is 5.92 Å². The van der Waals surface area contributed by atoms with Crippen molar-refractivity contribution in [2.75, 3.05) is 31.7 Å². The minimum atomic E-state index is -0.220. The fraction of sp³-hybridized carbons (Fsp3) is 0.500. The Morgan fingerprint density at radius 1 is 1.36 bits per heavy atom. The fourth-order valence-electron chi connectivity index (χ4n) is 2.65. The molecule has 0 radical (unpaired) electrons. The molecule has 0 aliphatic carbocycles. The van der Waals surface area contributed by atoms with Crippen molar-refractivity contribution in [1.82, 2.24) is 5.32 Å². The van der Waals surface area contributed by atoms with Crippen molar-refractivity contribution < 1.29 is 14.3 Å². The van der Waals surface area contributed by atoms with E-state index in [9.17, 15) is 9.59 Å². The van der Waals surface area contributed by atoms with E-state index >= 15 is 0 Å². The van der Waals surface area contributed by atoms with Crippen LogP contribution in [-0.2, 0) is 20.9 Å². The SMILES string of the molecule is COCC(=O)NCc1ccc(N2CCCC(C(N)=O)C2)cc1. The molecule has 1 aromatic rings. The Labute approximate surface area is 130 Å². The lowest BCUT2D eigenvalue weighted by atomic mass is 9.97. The minimum Gasteiger partial charge on any atom is -0.375 e. The van der Waals surface area contributed by atoms with Crippen LogP contribution in [-0.4, -0.2) is 38.6 Å². The predicted octanol–water partition coefficient (Wildman–Crippen LogP) is 0.651. The van der Waals surface area contributed by atoms with E-state index in [0.717, 1.165) is 30.6 Å². The van der Waals surface area contributed by atoms with Crippen molar-refractivity contribution in [3.05, 3.63) is 29.8 Å². The van der Waals surface area contributed by atoms with Gasteiger partial charge in [0.15, 0.2) is 0 Å². The number of nitrogens with two attached hydrogens (primary N) is 1. The number of amides is 2. The zero-order valence-corrected chi connectivity index (χ0v) is 12.9. The summed E-state index contributed by atoms with van der Waals surface area (Å²) in [7, 11) is 1.49. The van der Waals surface area contributed by atoms with Gasteiger partial charge < -0.3 is 20.7 Å². The van der Waals surface area contributed by atoms with E-state index in [-0.39, 0.29) is 24.3 Å². The Balaban J connectivity index is 1.91. The number of hydrogen-bond acceptors (Lipinski definition) is 4. The van der Waals surface area contributed by atoms with Gasteiger partial charge in [0.25, 0.3) is 0 Å². The van der Waals surface area contributed by atoms with E-state index < -0.39 is 0 Å². The third-order valence-corrected chi connectivity index (χ3v) is 3.89. The van der Waals surface area contributed by atoms with E-state index in [1.165, 1.54) is 7.11 Å². The van der Waals surface area contributed by atoms with Crippen molar-refractivity contribution in [3.63, 3.8) is 0 Å². The van der Waals surface area contributed by atoms with Crippen LogP contribution in [0.25, 0.3) is 0 Å². The summed E-state index contributed by atoms with van der Waals surface area (Å²) in [6.07, 6.45) is 1.85. The monoisotopic (exact) mass is 305 g/mol. The highest BCUT2D eigenvalue weighted by Crippen LogP contribution is 2.23. The van der Waals surface area contributed by atoms with Gasteiger partial charge in [-0.2, -0.15) is 0 Å². The van der Waals surface area contributed by atoms with Crippen molar-refractivity contribution in [2.45, 2.75) is 19.4 Å². The van der Waals surface area contributed by atoms with Crippen molar-refractivity contribution in [2.24, 2.45) is 11.7 Å². The molecule has 2 rings (SSSR count). The molecule has 22 heavy (non-hydrogen) atoms. The summed E-state index contributed by atoms with van der Waals surface area (Å²) in [4.78, 5) is 24.9. The molecule has 1 fully saturated rings. The van der Waals surface area contributed by atoms with Crippen LogP contribution in [0.5, 0.6) is 0 Å². The number of nitrogens with zero attached hydrogens (tertiary/aromatic N) is 1. The quantitative estimate of drug-likeness (QED) is 0.808. The second-order valence-corrected chi connectivity index (χ2v) is 5.56. The Morgan fingerprint density at radius 2 is 2.09 bits per heavy atom. The van der Waals surface area contributed by atoms with Crippen LogP contribution in [0.15, 0.2) is 24.3 Å². The zero-order valence-electron chi connectivity index (χ0n) is 12.9. The summed E-state index contributed by atoms with van der Waals surface area (Å²) in [5.41, 5.74) is 7.51. The summed E-state index contributed by atoms with van der Waals surface area (Å²) in [5, 5.41) is 2.78. The van der Waals surface area contributed by atoms with Crippen LogP contribution in [0.1, 0.15) is 18.4 Å². The summed E-state index contributed by atoms with van der Waals surface area (Å²) in [6.45, 7) is 2.17. The smallest absolute Gasteiger partial charge is 0.246 e. The number of primary amides is 1. The van der Waals surface area contributed by atoms with Crippen LogP contribution in [0, 0.1) is 5.92 Å². The number of nitrogens with one attached hydrogen (secondary N) is 1. The van der Waals surface area contributed by atoms with Crippen LogP contribution in [0.4, 0.5) is 5.69 Å². The molecular weight excluding hydrogens is 282 g/mol. The Bertz CT molecular complexity index is 516. The van der Waals surface area contributed by atoms with Crippen LogP contribution < -0.4 is 16.0 Å². The molecule has 0 bridgehead atoms. The molecule has 120 valence electrons. The Morgan fingerprint density at radius 3 is 2.73 bits per heavy atom. The van der Waals surface area contributed by atoms with Gasteiger partial charge in [-0.1, -0.05) is 12.1 Å². The molecule has 3 N–H and O–H groups in total. The second kappa shape index (κ2) is 7.79. The van der Waals surface area contributed by atoms with Gasteiger partial charge in [-0.3, -0.25) is 9.59 Å². The number of hydrogen-bond donors (Lipinski definition) is 2. The average Bonchev–Trinajstić information content (AvgIpc) is 2.54. The van der Waals surface area contributed by atoms with E-state index in [1.54, 1.807) is 0 Å². The van der Waals surface area contributed by atoms with Gasteiger partial charge >= 0.3 is 0 Å². The number of carbonyl (C=O) groups is 2. The van der Waals surface area contributed by atoms with E-state index in [0.29, 0.717) is 13.1 Å². The molecule has 1 saturated heterocycles. The van der Waals surface area contributed by atoms with Gasteiger partial charge in [0.2, 0.25) is 11.8 Å². The molecule has 1 heterocycles. The fourth-order valence-corrected chi connectivity index (χ4v) is 2.65. The largest absolute Gasteiger partial charge is 0.375 e. The molecule has 1 atom stereocenters. The van der Waals surface area contributed by atoms with Crippen molar-refractivity contribution in [3.8, 4) is 0 Å². The lowest BCUT2D eigenvalue weighted by Crippen LogP contribution is -2.41. The number of benzene rings is 1. The van der Waals surface area contributed by atoms with Crippen LogP contribution >= 0.6 is 0 Å². The van der Waals surface area contributed by atoms with Gasteiger partial charge in [-0.15, -0.1) is 0 Å². The van der Waals surface area contributed by atoms with Gasteiger partial charge in [-0.05, 0) is 30.5 Å². The van der Waals surface area contributed by atoms with E-state index in [1.807, 2.05) is 24.3 Å². The first-order valence-corrected chi connectivity index (χ1v) is 7.49. The topological polar surface area (TPSA) is 84.7 Å². The minimum absolute atomic E-state index is 0.0678. The molecule has 1 aliphatic heterocycles. The highest BCUT2D eigenvalue weighted by atomic mass is 16.5. The molecule has 1 aliphatic rings. The number of ether oxygens (including phenoxy) is 1. The molecule has 1 aromatic carbocycles. The number of anilines is 1. The average molecular weight is 305 g/mol. The summed E-state index contributed by atoms with van der Waals surface area (Å²) >= 11 is 0. The van der Waals surface area contributed by atoms with Gasteiger partial charge in [-0.25, -0.2) is 0 Å². The van der Waals surface area contributed by atoms with Crippen LogP contribution in [0.2, 0.25) is 0 Å². The van der Waals surface area contributed by atoms with Gasteiger partial charge in [0.1, 0.15) is 6.61 Å². The summed E-state index contributed by atoms with van der Waals surface area (Å²) in [6, 6.07) is 7.99. The first kappa shape index (κ1) is 16.3. The number of piperidine rings is 1. The first-order valence-electron chi connectivity index (χ1n) is 7.49. The summed E-state index contributed by atoms with van der Waals surface area (Å²) < 4.78 is 4.76. The van der Waals surface area contributed by atoms with Gasteiger partial charge in [0, 0.05) is 32.4 Å². The van der Waals surface area contributed by atoms with E-state index in [4.69, 9.17) is 10.5 Å². The maximum Gasteiger partial charge on any atom is 0.246 e. The maximum atomic E-state index is 11.3. The lowest BCUT2D eigenvalue weighted by Gasteiger charge is -2.33. The first-order chi connectivity index (χ1) is 10.6. The van der Waals surface area contributed by atoms with Crippen molar-refractivity contribution >= 4 is 17.5 Å². The molecular formula is C16H23N3O3. The third kappa shape index (κ3) is 4.46. The molecule has 0 aromatic heterocycles. The molecule has 6 nitrogen and oxygen atoms in total. The number of rotatable bonds is 6. The molecule has 0 saturated carbocycles. The van der Waals surface area contributed by atoms with Crippen molar-refractivity contribution in [1.29, 1.82) is 0 Å². The lowest BCUT2D eigenvalue weighted by molar-refractivity contribution is -0.125. The predicted molar refractivity (Wildman–Crippen MR) is 84.3 cm³/mol. The highest BCUT2D eigenvalue weighted by Gasteiger charge is 2.23. The Hall–Kier alpha value is -2.08. The molecule has 2 amide bonds. The molecule has 6 heteroatoms. The van der Waals surface area contributed by atoms with E-state index in [2.05, 4.69) is 10.2 Å². The number of carbonyl (C=O) groups excluding carboxylic acids is 2. The molecule has 1 unspecified atom stereocenters.